The van der Waals surface area contributed by atoms with Gasteiger partial charge in [-0.25, -0.2) is 9.78 Å². The van der Waals surface area contributed by atoms with Crippen molar-refractivity contribution in [2.45, 2.75) is 89.9 Å². The van der Waals surface area contributed by atoms with Crippen LogP contribution < -0.4 is 5.32 Å². The van der Waals surface area contributed by atoms with Crippen LogP contribution in [0, 0.1) is 0 Å². The zero-order chi connectivity index (χ0) is 26.0. The monoisotopic (exact) mass is 508 g/mol. The summed E-state index contributed by atoms with van der Waals surface area (Å²) in [6, 6.07) is 19.8. The number of carbonyl (C=O) groups is 1. The van der Waals surface area contributed by atoms with Gasteiger partial charge in [-0.05, 0) is 64.0 Å². The molecule has 3 aromatic rings. The van der Waals surface area contributed by atoms with Gasteiger partial charge in [0.15, 0.2) is 0 Å². The maximum atomic E-state index is 12.7. The van der Waals surface area contributed by atoms with E-state index in [2.05, 4.69) is 24.4 Å². The van der Waals surface area contributed by atoms with Crippen LogP contribution in [0.1, 0.15) is 73.9 Å². The van der Waals surface area contributed by atoms with E-state index >= 15 is 0 Å². The molecule has 3 rings (SSSR count). The normalized spacial score (nSPS) is 14.1. The van der Waals surface area contributed by atoms with E-state index < -0.39 is 23.8 Å². The number of benzene rings is 2. The summed E-state index contributed by atoms with van der Waals surface area (Å²) < 4.78 is 5.51. The number of aryl methyl sites for hydroxylation is 1. The molecule has 3 atom stereocenters. The molecular formula is C30H40N2O3S. The third-order valence-corrected chi connectivity index (χ3v) is 7.23. The van der Waals surface area contributed by atoms with Crippen LogP contribution in [-0.2, 0) is 24.0 Å². The summed E-state index contributed by atoms with van der Waals surface area (Å²) in [6.07, 6.45) is 5.81. The van der Waals surface area contributed by atoms with Gasteiger partial charge in [-0.3, -0.25) is 0 Å². The second-order valence-electron chi connectivity index (χ2n) is 10.4. The minimum atomic E-state index is -0.769. The minimum absolute atomic E-state index is 0.0430. The molecule has 0 aliphatic rings. The highest BCUT2D eigenvalue weighted by Gasteiger charge is 2.29. The van der Waals surface area contributed by atoms with E-state index in [0.29, 0.717) is 12.8 Å². The molecule has 0 spiro atoms. The van der Waals surface area contributed by atoms with Crippen LogP contribution in [0.4, 0.5) is 4.79 Å². The zero-order valence-corrected chi connectivity index (χ0v) is 22.8. The van der Waals surface area contributed by atoms with E-state index in [1.54, 1.807) is 11.3 Å². The summed E-state index contributed by atoms with van der Waals surface area (Å²) in [7, 11) is 0. The Kier molecular flexibility index (Phi) is 10.5. The molecule has 2 N–H and O–H groups in total. The second kappa shape index (κ2) is 13.6. The molecule has 0 aliphatic carbocycles. The number of carbonyl (C=O) groups excluding carboxylic acids is 1. The number of hydrogen-bond acceptors (Lipinski definition) is 5. The first-order valence-corrected chi connectivity index (χ1v) is 13.7. The number of rotatable bonds is 12. The van der Waals surface area contributed by atoms with Crippen molar-refractivity contribution in [2.24, 2.45) is 0 Å². The lowest BCUT2D eigenvalue weighted by Gasteiger charge is -2.29. The third kappa shape index (κ3) is 9.40. The molecule has 0 aliphatic heterocycles. The van der Waals surface area contributed by atoms with Crippen LogP contribution in [-0.4, -0.2) is 33.9 Å². The molecular weight excluding hydrogens is 468 g/mol. The molecule has 194 valence electrons. The van der Waals surface area contributed by atoms with E-state index in [1.807, 2.05) is 75.5 Å². The van der Waals surface area contributed by atoms with Gasteiger partial charge < -0.3 is 15.2 Å². The minimum Gasteiger partial charge on any atom is -0.444 e. The molecule has 0 bridgehead atoms. The average Bonchev–Trinajstić information content (AvgIpc) is 3.31. The number of unbranched alkanes of at least 4 members (excludes halogenated alkanes) is 1. The Hall–Kier alpha value is -2.70. The average molecular weight is 509 g/mol. The van der Waals surface area contributed by atoms with Crippen LogP contribution in [0.2, 0.25) is 0 Å². The van der Waals surface area contributed by atoms with Gasteiger partial charge in [-0.2, -0.15) is 0 Å². The highest BCUT2D eigenvalue weighted by atomic mass is 32.1. The Morgan fingerprint density at radius 2 is 1.64 bits per heavy atom. The van der Waals surface area contributed by atoms with Gasteiger partial charge in [-0.15, -0.1) is 11.3 Å². The molecule has 5 nitrogen and oxygen atoms in total. The van der Waals surface area contributed by atoms with E-state index in [-0.39, 0.29) is 5.92 Å². The van der Waals surface area contributed by atoms with Crippen molar-refractivity contribution in [2.75, 3.05) is 0 Å². The topological polar surface area (TPSA) is 71.5 Å². The predicted octanol–water partition coefficient (Wildman–Crippen LogP) is 6.70. The van der Waals surface area contributed by atoms with Crippen LogP contribution in [0.15, 0.2) is 66.9 Å². The first-order valence-electron chi connectivity index (χ1n) is 12.9. The smallest absolute Gasteiger partial charge is 0.407 e. The maximum absolute atomic E-state index is 12.7. The van der Waals surface area contributed by atoms with Crippen LogP contribution >= 0.6 is 11.3 Å². The summed E-state index contributed by atoms with van der Waals surface area (Å²) in [5.74, 6) is 0.0430. The fourth-order valence-electron chi connectivity index (χ4n) is 4.21. The number of nitrogens with zero attached hydrogens (tertiary/aromatic N) is 1. The largest absolute Gasteiger partial charge is 0.444 e. The van der Waals surface area contributed by atoms with Gasteiger partial charge in [0.25, 0.3) is 0 Å². The van der Waals surface area contributed by atoms with Gasteiger partial charge in [0.1, 0.15) is 5.60 Å². The van der Waals surface area contributed by atoms with Gasteiger partial charge in [0, 0.05) is 17.0 Å². The first kappa shape index (κ1) is 27.9. The van der Waals surface area contributed by atoms with Gasteiger partial charge in [0.05, 0.1) is 17.2 Å². The number of aliphatic hydroxyl groups is 1. The predicted molar refractivity (Wildman–Crippen MR) is 148 cm³/mol. The molecule has 1 aromatic heterocycles. The first-order chi connectivity index (χ1) is 17.2. The molecule has 6 heteroatoms. The van der Waals surface area contributed by atoms with Gasteiger partial charge >= 0.3 is 6.09 Å². The lowest BCUT2D eigenvalue weighted by atomic mass is 9.89. The molecule has 1 unspecified atom stereocenters. The highest BCUT2D eigenvalue weighted by molar-refractivity contribution is 7.11. The van der Waals surface area contributed by atoms with Crippen LogP contribution in [0.25, 0.3) is 0 Å². The molecule has 36 heavy (non-hydrogen) atoms. The highest BCUT2D eigenvalue weighted by Crippen LogP contribution is 2.31. The van der Waals surface area contributed by atoms with E-state index in [4.69, 9.17) is 9.72 Å². The Labute approximate surface area is 219 Å². The number of aromatic nitrogens is 1. The Balaban J connectivity index is 1.81. The number of aliphatic hydroxyl groups excluding tert-OH is 1. The lowest BCUT2D eigenvalue weighted by Crippen LogP contribution is -2.47. The Morgan fingerprint density at radius 1 is 1.03 bits per heavy atom. The summed E-state index contributed by atoms with van der Waals surface area (Å²) in [4.78, 5) is 18.7. The number of amides is 1. The van der Waals surface area contributed by atoms with Gasteiger partial charge in [-0.1, -0.05) is 74.0 Å². The fourth-order valence-corrected chi connectivity index (χ4v) is 5.29. The van der Waals surface area contributed by atoms with Crippen LogP contribution in [0.3, 0.4) is 0 Å². The summed E-state index contributed by atoms with van der Waals surface area (Å²) in [5.41, 5.74) is 1.64. The number of nitrogens with one attached hydrogen (secondary N) is 1. The molecule has 2 aromatic carbocycles. The van der Waals surface area contributed by atoms with E-state index in [9.17, 15) is 9.90 Å². The molecule has 0 saturated carbocycles. The van der Waals surface area contributed by atoms with Crippen molar-refractivity contribution in [3.05, 3.63) is 87.9 Å². The van der Waals surface area contributed by atoms with Crippen molar-refractivity contribution in [3.63, 3.8) is 0 Å². The third-order valence-electron chi connectivity index (χ3n) is 6.01. The number of hydrogen-bond donors (Lipinski definition) is 2. The molecule has 0 fully saturated rings. The van der Waals surface area contributed by atoms with E-state index in [1.165, 1.54) is 10.4 Å². The number of ether oxygens (including phenoxy) is 1. The summed E-state index contributed by atoms with van der Waals surface area (Å²) in [6.45, 7) is 7.71. The van der Waals surface area contributed by atoms with Crippen molar-refractivity contribution in [1.29, 1.82) is 0 Å². The molecule has 1 amide bonds. The zero-order valence-electron chi connectivity index (χ0n) is 21.9. The van der Waals surface area contributed by atoms with E-state index in [0.717, 1.165) is 36.3 Å². The Morgan fingerprint density at radius 3 is 2.22 bits per heavy atom. The molecule has 0 saturated heterocycles. The standard InChI is InChI=1S/C30H40N2O3S/c1-5-6-17-25-21-31-28(36-25)24(18-22-13-9-7-10-14-22)20-27(33)26(19-23-15-11-8-12-16-23)32-29(34)35-30(2,3)4/h7-16,21,24,26-27,33H,5-6,17-20H2,1-4H3,(H,32,34)/t24?,26-,27-/m0/s1. The Bertz CT molecular complexity index is 1050. The number of alkyl carbamates (subject to hydrolysis) is 1. The maximum Gasteiger partial charge on any atom is 0.407 e. The van der Waals surface area contributed by atoms with Gasteiger partial charge in [0.2, 0.25) is 0 Å². The fraction of sp³-hybridized carbons (Fsp3) is 0.467. The molecule has 0 radical (unpaired) electrons. The molecule has 1 heterocycles. The van der Waals surface area contributed by atoms with Crippen molar-refractivity contribution < 1.29 is 14.6 Å². The summed E-state index contributed by atoms with van der Waals surface area (Å²) in [5, 5.41) is 15.5. The van der Waals surface area contributed by atoms with Crippen molar-refractivity contribution in [1.82, 2.24) is 10.3 Å². The van der Waals surface area contributed by atoms with Crippen LogP contribution in [0.5, 0.6) is 0 Å². The lowest BCUT2D eigenvalue weighted by molar-refractivity contribution is 0.0405. The summed E-state index contributed by atoms with van der Waals surface area (Å²) >= 11 is 1.75. The quantitative estimate of drug-likeness (QED) is 0.286. The second-order valence-corrected chi connectivity index (χ2v) is 11.5. The SMILES string of the molecule is CCCCc1cnc(C(Cc2ccccc2)C[C@H](O)[C@H](Cc2ccccc2)NC(=O)OC(C)(C)C)s1. The number of thiazole rings is 1. The van der Waals surface area contributed by atoms with Crippen molar-refractivity contribution >= 4 is 17.4 Å². The van der Waals surface area contributed by atoms with Crippen molar-refractivity contribution in [3.8, 4) is 0 Å².